The van der Waals surface area contributed by atoms with Gasteiger partial charge in [-0.25, -0.2) is 4.79 Å². The Morgan fingerprint density at radius 3 is 2.45 bits per heavy atom. The first-order valence-corrected chi connectivity index (χ1v) is 10.6. The van der Waals surface area contributed by atoms with Crippen LogP contribution in [0.25, 0.3) is 0 Å². The molecule has 2 N–H and O–H groups in total. The van der Waals surface area contributed by atoms with E-state index in [0.717, 1.165) is 5.56 Å². The van der Waals surface area contributed by atoms with Gasteiger partial charge >= 0.3 is 12.1 Å². The van der Waals surface area contributed by atoms with E-state index in [9.17, 15) is 19.5 Å². The van der Waals surface area contributed by atoms with Gasteiger partial charge in [0.1, 0.15) is 0 Å². The van der Waals surface area contributed by atoms with Crippen LogP contribution in [0.5, 0.6) is 0 Å². The predicted octanol–water partition coefficient (Wildman–Crippen LogP) is 3.75. The summed E-state index contributed by atoms with van der Waals surface area (Å²) in [4.78, 5) is 36.2. The summed E-state index contributed by atoms with van der Waals surface area (Å²) >= 11 is 12.3. The number of amides is 2. The van der Waals surface area contributed by atoms with Gasteiger partial charge in [-0.05, 0) is 23.1 Å². The third-order valence-electron chi connectivity index (χ3n) is 5.06. The highest BCUT2D eigenvalue weighted by Gasteiger charge is 2.39. The highest BCUT2D eigenvalue weighted by Crippen LogP contribution is 2.38. The maximum absolute atomic E-state index is 12.1. The van der Waals surface area contributed by atoms with E-state index < -0.39 is 42.7 Å². The van der Waals surface area contributed by atoms with Crippen molar-refractivity contribution < 1.29 is 29.0 Å². The molecule has 1 unspecified atom stereocenters. The molecule has 1 saturated heterocycles. The van der Waals surface area contributed by atoms with Crippen molar-refractivity contribution in [3.63, 3.8) is 0 Å². The summed E-state index contributed by atoms with van der Waals surface area (Å²) in [5, 5.41) is 13.2. The number of carboxylic acid groups (broad SMARTS) is 1. The fraction of sp³-hybridized carbons (Fsp3) is 0.571. The molecule has 1 heterocycles. The van der Waals surface area contributed by atoms with E-state index in [-0.39, 0.29) is 25.0 Å². The summed E-state index contributed by atoms with van der Waals surface area (Å²) in [5.74, 6) is -1.46. The topological polar surface area (TPSA) is 105 Å². The van der Waals surface area contributed by atoms with Crippen LogP contribution < -0.4 is 5.32 Å². The second-order valence-electron chi connectivity index (χ2n) is 8.62. The Morgan fingerprint density at radius 1 is 1.23 bits per heavy atom. The van der Waals surface area contributed by atoms with Crippen LogP contribution >= 0.6 is 23.2 Å². The van der Waals surface area contributed by atoms with Crippen LogP contribution in [0, 0.1) is 11.3 Å². The summed E-state index contributed by atoms with van der Waals surface area (Å²) in [6.07, 6.45) is -2.01. The standard InChI is InChI=1S/C21H28Cl2N2O6/c1-12(26)30-11-18(27)24-8-14-9-25(20(28)29)10-17(21(2,3)4)31-19(14)13-5-6-15(22)16(23)7-13/h5-7,14,17,19H,8-11H2,1-4H3,(H,24,27)(H,28,29)/t14-,17?,19+/m1/s1. The van der Waals surface area contributed by atoms with Crippen LogP contribution in [-0.2, 0) is 19.1 Å². The van der Waals surface area contributed by atoms with Gasteiger partial charge in [-0.1, -0.05) is 50.0 Å². The highest BCUT2D eigenvalue weighted by molar-refractivity contribution is 6.42. The second kappa shape index (κ2) is 10.5. The highest BCUT2D eigenvalue weighted by atomic mass is 35.5. The van der Waals surface area contributed by atoms with Gasteiger partial charge in [0.05, 0.1) is 28.8 Å². The van der Waals surface area contributed by atoms with Crippen molar-refractivity contribution in [3.8, 4) is 0 Å². The van der Waals surface area contributed by atoms with Gasteiger partial charge in [0.25, 0.3) is 5.91 Å². The molecule has 0 aromatic heterocycles. The van der Waals surface area contributed by atoms with Crippen molar-refractivity contribution in [2.24, 2.45) is 11.3 Å². The molecule has 0 spiro atoms. The number of rotatable bonds is 5. The first kappa shape index (κ1) is 25.2. The minimum Gasteiger partial charge on any atom is -0.465 e. The normalized spacial score (nSPS) is 21.9. The van der Waals surface area contributed by atoms with Gasteiger partial charge in [0.15, 0.2) is 6.61 Å². The monoisotopic (exact) mass is 474 g/mol. The molecule has 0 aliphatic carbocycles. The Bertz CT molecular complexity index is 827. The number of carbonyl (C=O) groups is 3. The summed E-state index contributed by atoms with van der Waals surface area (Å²) < 4.78 is 11.1. The van der Waals surface area contributed by atoms with Crippen LogP contribution in [0.4, 0.5) is 4.79 Å². The summed E-state index contributed by atoms with van der Waals surface area (Å²) in [7, 11) is 0. The van der Waals surface area contributed by atoms with E-state index in [4.69, 9.17) is 32.7 Å². The Kier molecular flexibility index (Phi) is 8.57. The summed E-state index contributed by atoms with van der Waals surface area (Å²) in [6, 6.07) is 5.13. The average Bonchev–Trinajstić information content (AvgIpc) is 2.87. The van der Waals surface area contributed by atoms with Gasteiger partial charge in [0, 0.05) is 25.9 Å². The second-order valence-corrected chi connectivity index (χ2v) is 9.43. The SMILES string of the molecule is CC(=O)OCC(=O)NC[C@@H]1CN(C(=O)O)CC(C(C)(C)C)O[C@H]1c1ccc(Cl)c(Cl)c1. The molecule has 2 amide bonds. The molecule has 1 aliphatic heterocycles. The number of ether oxygens (including phenoxy) is 2. The van der Waals surface area contributed by atoms with E-state index in [1.54, 1.807) is 18.2 Å². The molecule has 31 heavy (non-hydrogen) atoms. The van der Waals surface area contributed by atoms with Crippen LogP contribution in [0.15, 0.2) is 18.2 Å². The summed E-state index contributed by atoms with van der Waals surface area (Å²) in [5.41, 5.74) is 0.394. The third kappa shape index (κ3) is 7.26. The fourth-order valence-corrected chi connectivity index (χ4v) is 3.60. The van der Waals surface area contributed by atoms with Gasteiger partial charge in [0.2, 0.25) is 0 Å². The molecular weight excluding hydrogens is 447 g/mol. The van der Waals surface area contributed by atoms with Gasteiger partial charge < -0.3 is 24.8 Å². The van der Waals surface area contributed by atoms with E-state index in [1.165, 1.54) is 11.8 Å². The van der Waals surface area contributed by atoms with Gasteiger partial charge in [-0.15, -0.1) is 0 Å². The molecule has 3 atom stereocenters. The largest absolute Gasteiger partial charge is 0.465 e. The average molecular weight is 475 g/mol. The number of nitrogens with zero attached hydrogens (tertiary/aromatic N) is 1. The lowest BCUT2D eigenvalue weighted by molar-refractivity contribution is -0.146. The van der Waals surface area contributed by atoms with Gasteiger partial charge in [-0.2, -0.15) is 0 Å². The van der Waals surface area contributed by atoms with E-state index in [0.29, 0.717) is 10.0 Å². The predicted molar refractivity (Wildman–Crippen MR) is 116 cm³/mol. The Labute approximate surface area is 191 Å². The molecular formula is C21H28Cl2N2O6. The molecule has 8 nitrogen and oxygen atoms in total. The Balaban J connectivity index is 2.34. The van der Waals surface area contributed by atoms with Crippen molar-refractivity contribution >= 4 is 41.2 Å². The maximum atomic E-state index is 12.1. The number of nitrogens with one attached hydrogen (secondary N) is 1. The van der Waals surface area contributed by atoms with E-state index >= 15 is 0 Å². The third-order valence-corrected chi connectivity index (χ3v) is 5.80. The lowest BCUT2D eigenvalue weighted by atomic mass is 9.88. The zero-order valence-electron chi connectivity index (χ0n) is 18.0. The van der Waals surface area contributed by atoms with Crippen molar-refractivity contribution in [2.75, 3.05) is 26.2 Å². The Morgan fingerprint density at radius 2 is 1.90 bits per heavy atom. The molecule has 10 heteroatoms. The van der Waals surface area contributed by atoms with Crippen LogP contribution in [0.2, 0.25) is 10.0 Å². The quantitative estimate of drug-likeness (QED) is 0.629. The lowest BCUT2D eigenvalue weighted by Gasteiger charge is -2.34. The molecule has 0 radical (unpaired) electrons. The smallest absolute Gasteiger partial charge is 0.407 e. The van der Waals surface area contributed by atoms with Crippen molar-refractivity contribution in [2.45, 2.75) is 39.9 Å². The molecule has 1 aromatic carbocycles. The number of halogens is 2. The van der Waals surface area contributed by atoms with Crippen molar-refractivity contribution in [1.29, 1.82) is 0 Å². The minimum absolute atomic E-state index is 0.117. The molecule has 1 aliphatic rings. The van der Waals surface area contributed by atoms with Crippen LogP contribution in [-0.4, -0.2) is 60.3 Å². The maximum Gasteiger partial charge on any atom is 0.407 e. The number of hydrogen-bond acceptors (Lipinski definition) is 5. The first-order valence-electron chi connectivity index (χ1n) is 9.86. The molecule has 1 fully saturated rings. The number of hydrogen-bond donors (Lipinski definition) is 2. The molecule has 1 aromatic rings. The molecule has 0 bridgehead atoms. The van der Waals surface area contributed by atoms with Crippen LogP contribution in [0.1, 0.15) is 39.4 Å². The number of benzene rings is 1. The zero-order chi connectivity index (χ0) is 23.3. The van der Waals surface area contributed by atoms with Crippen molar-refractivity contribution in [1.82, 2.24) is 10.2 Å². The van der Waals surface area contributed by atoms with Crippen LogP contribution in [0.3, 0.4) is 0 Å². The Hall–Kier alpha value is -2.03. The number of esters is 1. The summed E-state index contributed by atoms with van der Waals surface area (Å²) in [6.45, 7) is 7.18. The minimum atomic E-state index is -1.07. The van der Waals surface area contributed by atoms with E-state index in [1.807, 2.05) is 20.8 Å². The van der Waals surface area contributed by atoms with Gasteiger partial charge in [-0.3, -0.25) is 9.59 Å². The lowest BCUT2D eigenvalue weighted by Crippen LogP contribution is -2.43. The molecule has 2 rings (SSSR count). The molecule has 0 saturated carbocycles. The fourth-order valence-electron chi connectivity index (χ4n) is 3.29. The van der Waals surface area contributed by atoms with Crippen molar-refractivity contribution in [3.05, 3.63) is 33.8 Å². The molecule has 172 valence electrons. The zero-order valence-corrected chi connectivity index (χ0v) is 19.5. The first-order chi connectivity index (χ1) is 14.4. The van der Waals surface area contributed by atoms with E-state index in [2.05, 4.69) is 5.32 Å². The number of carbonyl (C=O) groups excluding carboxylic acids is 2.